The molecule has 0 amide bonds. The monoisotopic (exact) mass is 367 g/mol. The average molecular weight is 367 g/mol. The summed E-state index contributed by atoms with van der Waals surface area (Å²) in [7, 11) is 0. The van der Waals surface area contributed by atoms with E-state index in [9.17, 15) is 0 Å². The first kappa shape index (κ1) is 17.4. The van der Waals surface area contributed by atoms with Crippen LogP contribution >= 0.6 is 0 Å². The maximum atomic E-state index is 5.90. The third-order valence-corrected chi connectivity index (χ3v) is 5.89. The van der Waals surface area contributed by atoms with Crippen molar-refractivity contribution in [1.82, 2.24) is 4.90 Å². The lowest BCUT2D eigenvalue weighted by molar-refractivity contribution is -0.0402. The molecule has 2 heteroatoms. The quantitative estimate of drug-likeness (QED) is 0.611. The van der Waals surface area contributed by atoms with Crippen LogP contribution < -0.4 is 0 Å². The molecule has 1 fully saturated rings. The Morgan fingerprint density at radius 3 is 2.25 bits per heavy atom. The van der Waals surface area contributed by atoms with Crippen molar-refractivity contribution in [2.75, 3.05) is 13.2 Å². The molecule has 0 radical (unpaired) electrons. The number of ether oxygens (including phenoxy) is 1. The maximum absolute atomic E-state index is 5.90. The van der Waals surface area contributed by atoms with Crippen LogP contribution in [0.2, 0.25) is 0 Å². The Morgan fingerprint density at radius 1 is 0.750 bits per heavy atom. The van der Waals surface area contributed by atoms with Crippen molar-refractivity contribution in [3.05, 3.63) is 102 Å². The summed E-state index contributed by atoms with van der Waals surface area (Å²) in [5, 5.41) is 0. The van der Waals surface area contributed by atoms with E-state index in [-0.39, 0.29) is 0 Å². The van der Waals surface area contributed by atoms with Gasteiger partial charge in [0.15, 0.2) is 0 Å². The number of morpholine rings is 1. The molecule has 0 spiro atoms. The second-order valence-corrected chi connectivity index (χ2v) is 7.76. The van der Waals surface area contributed by atoms with Gasteiger partial charge in [0.25, 0.3) is 0 Å². The molecule has 3 aromatic carbocycles. The van der Waals surface area contributed by atoms with Crippen LogP contribution in [0.25, 0.3) is 16.7 Å². The highest BCUT2D eigenvalue weighted by Gasteiger charge is 2.34. The number of hydrogen-bond donors (Lipinski definition) is 0. The Morgan fingerprint density at radius 2 is 1.46 bits per heavy atom. The Labute approximate surface area is 167 Å². The Kier molecular flexibility index (Phi) is 4.82. The smallest absolute Gasteiger partial charge is 0.0658 e. The van der Waals surface area contributed by atoms with Crippen LogP contribution in [0.3, 0.4) is 0 Å². The molecule has 0 aromatic heterocycles. The van der Waals surface area contributed by atoms with Gasteiger partial charge in [-0.3, -0.25) is 4.90 Å². The normalized spacial score (nSPS) is 21.9. The van der Waals surface area contributed by atoms with Crippen LogP contribution in [-0.2, 0) is 11.3 Å². The average Bonchev–Trinajstić information content (AvgIpc) is 2.75. The van der Waals surface area contributed by atoms with E-state index >= 15 is 0 Å². The summed E-state index contributed by atoms with van der Waals surface area (Å²) in [6.45, 7) is 2.59. The van der Waals surface area contributed by atoms with Crippen LogP contribution in [0.15, 0.2) is 91.0 Å². The second-order valence-electron chi connectivity index (χ2n) is 7.76. The van der Waals surface area contributed by atoms with Crippen LogP contribution in [0.1, 0.15) is 17.5 Å². The lowest BCUT2D eigenvalue weighted by atomic mass is 9.88. The van der Waals surface area contributed by atoms with Gasteiger partial charge in [-0.1, -0.05) is 84.9 Å². The summed E-state index contributed by atoms with van der Waals surface area (Å²) < 4.78 is 5.90. The van der Waals surface area contributed by atoms with E-state index in [2.05, 4.69) is 95.9 Å². The highest BCUT2D eigenvalue weighted by Crippen LogP contribution is 2.34. The van der Waals surface area contributed by atoms with Gasteiger partial charge < -0.3 is 4.74 Å². The van der Waals surface area contributed by atoms with Crippen molar-refractivity contribution >= 4 is 5.57 Å². The number of nitrogens with zero attached hydrogens (tertiary/aromatic N) is 1. The molecule has 0 aliphatic carbocycles. The molecule has 2 aliphatic rings. The van der Waals surface area contributed by atoms with Gasteiger partial charge in [0.05, 0.1) is 19.3 Å². The summed E-state index contributed by atoms with van der Waals surface area (Å²) in [5.74, 6) is 0. The maximum Gasteiger partial charge on any atom is 0.0658 e. The molecular weight excluding hydrogens is 342 g/mol. The largest absolute Gasteiger partial charge is 0.378 e. The predicted molar refractivity (Wildman–Crippen MR) is 115 cm³/mol. The predicted octanol–water partition coefficient (Wildman–Crippen LogP) is 5.41. The lowest BCUT2D eigenvalue weighted by Crippen LogP contribution is -2.53. The molecule has 28 heavy (non-hydrogen) atoms. The Hall–Kier alpha value is -2.68. The van der Waals surface area contributed by atoms with Crippen molar-refractivity contribution in [1.29, 1.82) is 0 Å². The third kappa shape index (κ3) is 3.54. The summed E-state index contributed by atoms with van der Waals surface area (Å²) in [5.41, 5.74) is 6.74. The minimum atomic E-state index is 0.350. The number of fused-ring (bicyclic) bond motifs is 2. The molecule has 1 saturated heterocycles. The molecular formula is C26H25NO. The third-order valence-electron chi connectivity index (χ3n) is 5.89. The summed E-state index contributed by atoms with van der Waals surface area (Å²) in [6.07, 6.45) is 3.48. The summed E-state index contributed by atoms with van der Waals surface area (Å²) in [6, 6.07) is 31.2. The second kappa shape index (κ2) is 7.75. The standard InChI is InChI=1S/C26H25NO/c1-3-8-20(9-4-1)17-27-25-15-24(16-26(27)19-28-18-25)23-13-7-12-22(14-23)21-10-5-2-6-11-21/h1-15,25-26H,16-19H2. The molecule has 2 unspecified atom stereocenters. The Balaban J connectivity index is 1.43. The highest BCUT2D eigenvalue weighted by atomic mass is 16.5. The minimum absolute atomic E-state index is 0.350. The zero-order valence-electron chi connectivity index (χ0n) is 16.0. The van der Waals surface area contributed by atoms with E-state index in [0.29, 0.717) is 12.1 Å². The van der Waals surface area contributed by atoms with Gasteiger partial charge in [-0.2, -0.15) is 0 Å². The van der Waals surface area contributed by atoms with Gasteiger partial charge in [-0.25, -0.2) is 0 Å². The number of rotatable bonds is 4. The zero-order chi connectivity index (χ0) is 18.8. The lowest BCUT2D eigenvalue weighted by Gasteiger charge is -2.45. The van der Waals surface area contributed by atoms with E-state index in [4.69, 9.17) is 4.74 Å². The molecule has 2 nitrogen and oxygen atoms in total. The van der Waals surface area contributed by atoms with Gasteiger partial charge in [-0.15, -0.1) is 0 Å². The van der Waals surface area contributed by atoms with E-state index in [1.807, 2.05) is 0 Å². The minimum Gasteiger partial charge on any atom is -0.378 e. The molecule has 5 rings (SSSR count). The van der Waals surface area contributed by atoms with Crippen LogP contribution in [0, 0.1) is 0 Å². The van der Waals surface area contributed by atoms with Crippen molar-refractivity contribution in [3.63, 3.8) is 0 Å². The molecule has 2 heterocycles. The molecule has 2 atom stereocenters. The first-order valence-electron chi connectivity index (χ1n) is 10.1. The van der Waals surface area contributed by atoms with Gasteiger partial charge >= 0.3 is 0 Å². The summed E-state index contributed by atoms with van der Waals surface area (Å²) in [4.78, 5) is 2.61. The van der Waals surface area contributed by atoms with E-state index in [1.54, 1.807) is 0 Å². The molecule has 140 valence electrons. The molecule has 3 aromatic rings. The SMILES string of the molecule is C1=C(c2cccc(-c3ccccc3)c2)CC2COCC1N2Cc1ccccc1. The number of benzene rings is 3. The topological polar surface area (TPSA) is 12.5 Å². The van der Waals surface area contributed by atoms with Gasteiger partial charge in [0.2, 0.25) is 0 Å². The fourth-order valence-electron chi connectivity index (χ4n) is 4.45. The summed E-state index contributed by atoms with van der Waals surface area (Å²) >= 11 is 0. The van der Waals surface area contributed by atoms with Gasteiger partial charge in [0, 0.05) is 12.6 Å². The van der Waals surface area contributed by atoms with Crippen molar-refractivity contribution in [2.45, 2.75) is 25.0 Å². The first-order valence-corrected chi connectivity index (χ1v) is 10.1. The van der Waals surface area contributed by atoms with E-state index < -0.39 is 0 Å². The van der Waals surface area contributed by atoms with E-state index in [0.717, 1.165) is 26.2 Å². The first-order chi connectivity index (χ1) is 13.9. The van der Waals surface area contributed by atoms with Crippen molar-refractivity contribution in [3.8, 4) is 11.1 Å². The number of hydrogen-bond acceptors (Lipinski definition) is 2. The molecule has 0 saturated carbocycles. The fraction of sp³-hybridized carbons (Fsp3) is 0.231. The van der Waals surface area contributed by atoms with Crippen molar-refractivity contribution in [2.24, 2.45) is 0 Å². The van der Waals surface area contributed by atoms with Crippen LogP contribution in [-0.4, -0.2) is 30.2 Å². The molecule has 2 bridgehead atoms. The Bertz CT molecular complexity index is 964. The van der Waals surface area contributed by atoms with Crippen molar-refractivity contribution < 1.29 is 4.74 Å². The van der Waals surface area contributed by atoms with Crippen LogP contribution in [0.4, 0.5) is 0 Å². The van der Waals surface area contributed by atoms with E-state index in [1.165, 1.54) is 27.8 Å². The molecule has 0 N–H and O–H groups in total. The zero-order valence-corrected chi connectivity index (χ0v) is 16.0. The fourth-order valence-corrected chi connectivity index (χ4v) is 4.45. The highest BCUT2D eigenvalue weighted by molar-refractivity contribution is 5.73. The van der Waals surface area contributed by atoms with Gasteiger partial charge in [-0.05, 0) is 40.3 Å². The molecule has 2 aliphatic heterocycles. The van der Waals surface area contributed by atoms with Gasteiger partial charge in [0.1, 0.15) is 0 Å². The van der Waals surface area contributed by atoms with Crippen LogP contribution in [0.5, 0.6) is 0 Å².